The number of phenols is 1. The van der Waals surface area contributed by atoms with Crippen molar-refractivity contribution in [3.8, 4) is 5.75 Å². The summed E-state index contributed by atoms with van der Waals surface area (Å²) in [7, 11) is 0. The maximum atomic E-state index is 9.29. The summed E-state index contributed by atoms with van der Waals surface area (Å²) < 4.78 is 0. The molecule has 0 unspecified atom stereocenters. The van der Waals surface area contributed by atoms with Gasteiger partial charge in [-0.1, -0.05) is 11.6 Å². The Morgan fingerprint density at radius 1 is 1.38 bits per heavy atom. The van der Waals surface area contributed by atoms with Gasteiger partial charge in [-0.25, -0.2) is 0 Å². The first-order valence-corrected chi connectivity index (χ1v) is 4.42. The van der Waals surface area contributed by atoms with Gasteiger partial charge in [-0.15, -0.1) is 0 Å². The number of halogens is 1. The van der Waals surface area contributed by atoms with Gasteiger partial charge in [0.05, 0.1) is 6.54 Å². The summed E-state index contributed by atoms with van der Waals surface area (Å²) in [6.45, 7) is 1.63. The molecule has 0 aromatic heterocycles. The minimum atomic E-state index is 0.166. The van der Waals surface area contributed by atoms with Crippen molar-refractivity contribution in [3.63, 3.8) is 0 Å². The van der Waals surface area contributed by atoms with Gasteiger partial charge >= 0.3 is 0 Å². The maximum absolute atomic E-state index is 9.29. The van der Waals surface area contributed by atoms with Crippen molar-refractivity contribution >= 4 is 17.4 Å². The van der Waals surface area contributed by atoms with Crippen LogP contribution in [0.15, 0.2) is 23.2 Å². The quantitative estimate of drug-likeness (QED) is 0.713. The molecule has 2 N–H and O–H groups in total. The van der Waals surface area contributed by atoms with Gasteiger partial charge in [0.15, 0.2) is 0 Å². The molecule has 3 nitrogen and oxygen atoms in total. The lowest BCUT2D eigenvalue weighted by Crippen LogP contribution is -2.19. The molecule has 0 amide bonds. The minimum Gasteiger partial charge on any atom is -0.508 e. The van der Waals surface area contributed by atoms with Gasteiger partial charge in [0.25, 0.3) is 0 Å². The van der Waals surface area contributed by atoms with Crippen LogP contribution in [0.25, 0.3) is 0 Å². The SMILES string of the molecule is Oc1cc(Cl)cc(C2=NCCN2)c1. The van der Waals surface area contributed by atoms with Gasteiger partial charge in [-0.2, -0.15) is 0 Å². The Kier molecular flexibility index (Phi) is 2.10. The van der Waals surface area contributed by atoms with Crippen LogP contribution in [0.5, 0.6) is 5.75 Å². The molecule has 4 heteroatoms. The summed E-state index contributed by atoms with van der Waals surface area (Å²) in [5.74, 6) is 0.969. The Morgan fingerprint density at radius 3 is 2.85 bits per heavy atom. The Morgan fingerprint density at radius 2 is 2.23 bits per heavy atom. The Labute approximate surface area is 81.1 Å². The predicted octanol–water partition coefficient (Wildman–Crippen LogP) is 1.40. The molecule has 0 aliphatic carbocycles. The highest BCUT2D eigenvalue weighted by atomic mass is 35.5. The molecular weight excluding hydrogens is 188 g/mol. The number of aliphatic imine (C=N–C) groups is 1. The lowest BCUT2D eigenvalue weighted by atomic mass is 10.2. The maximum Gasteiger partial charge on any atom is 0.128 e. The molecule has 0 radical (unpaired) electrons. The van der Waals surface area contributed by atoms with Crippen LogP contribution in [0.2, 0.25) is 5.02 Å². The normalized spacial score (nSPS) is 15.3. The van der Waals surface area contributed by atoms with Crippen molar-refractivity contribution in [1.82, 2.24) is 5.32 Å². The van der Waals surface area contributed by atoms with Gasteiger partial charge in [-0.05, 0) is 18.2 Å². The zero-order valence-corrected chi connectivity index (χ0v) is 7.67. The van der Waals surface area contributed by atoms with E-state index in [1.807, 2.05) is 0 Å². The Bertz CT molecular complexity index is 342. The molecule has 1 aromatic carbocycles. The fourth-order valence-electron chi connectivity index (χ4n) is 1.30. The predicted molar refractivity (Wildman–Crippen MR) is 52.5 cm³/mol. The van der Waals surface area contributed by atoms with Crippen molar-refractivity contribution in [2.45, 2.75) is 0 Å². The second-order valence-electron chi connectivity index (χ2n) is 2.86. The van der Waals surface area contributed by atoms with E-state index >= 15 is 0 Å². The minimum absolute atomic E-state index is 0.166. The zero-order valence-electron chi connectivity index (χ0n) is 6.92. The average molecular weight is 197 g/mol. The summed E-state index contributed by atoms with van der Waals surface area (Å²) in [5, 5.41) is 12.9. The molecule has 0 fully saturated rings. The molecule has 13 heavy (non-hydrogen) atoms. The first kappa shape index (κ1) is 8.38. The lowest BCUT2D eigenvalue weighted by Gasteiger charge is -2.03. The van der Waals surface area contributed by atoms with E-state index in [1.165, 1.54) is 6.07 Å². The summed E-state index contributed by atoms with van der Waals surface area (Å²) in [5.41, 5.74) is 0.836. The van der Waals surface area contributed by atoms with E-state index in [2.05, 4.69) is 10.3 Å². The van der Waals surface area contributed by atoms with E-state index in [1.54, 1.807) is 12.1 Å². The number of phenolic OH excluding ortho intramolecular Hbond substituents is 1. The van der Waals surface area contributed by atoms with Crippen LogP contribution in [0.1, 0.15) is 5.56 Å². The van der Waals surface area contributed by atoms with Gasteiger partial charge in [0.2, 0.25) is 0 Å². The van der Waals surface area contributed by atoms with Gasteiger partial charge in [-0.3, -0.25) is 4.99 Å². The zero-order chi connectivity index (χ0) is 9.26. The summed E-state index contributed by atoms with van der Waals surface area (Å²) in [4.78, 5) is 4.22. The smallest absolute Gasteiger partial charge is 0.128 e. The van der Waals surface area contributed by atoms with E-state index < -0.39 is 0 Å². The Hall–Kier alpha value is -1.22. The highest BCUT2D eigenvalue weighted by molar-refractivity contribution is 6.31. The van der Waals surface area contributed by atoms with Crippen LogP contribution in [0.3, 0.4) is 0 Å². The Balaban J connectivity index is 2.39. The van der Waals surface area contributed by atoms with Crippen molar-refractivity contribution in [3.05, 3.63) is 28.8 Å². The molecule has 1 heterocycles. The standard InChI is InChI=1S/C9H9ClN2O/c10-7-3-6(4-8(13)5-7)9-11-1-2-12-9/h3-5,13H,1-2H2,(H,11,12). The summed E-state index contributed by atoms with van der Waals surface area (Å²) >= 11 is 5.79. The number of nitrogens with one attached hydrogen (secondary N) is 1. The molecule has 0 atom stereocenters. The highest BCUT2D eigenvalue weighted by Crippen LogP contribution is 2.20. The van der Waals surface area contributed by atoms with E-state index in [0.717, 1.165) is 24.5 Å². The molecule has 1 aliphatic rings. The average Bonchev–Trinajstić information content (AvgIpc) is 2.53. The molecule has 0 saturated carbocycles. The van der Waals surface area contributed by atoms with Crippen LogP contribution >= 0.6 is 11.6 Å². The third-order valence-electron chi connectivity index (χ3n) is 1.83. The molecule has 0 bridgehead atoms. The molecule has 68 valence electrons. The van der Waals surface area contributed by atoms with Crippen molar-refractivity contribution in [2.75, 3.05) is 13.1 Å². The van der Waals surface area contributed by atoms with Crippen molar-refractivity contribution < 1.29 is 5.11 Å². The van der Waals surface area contributed by atoms with Gasteiger partial charge < -0.3 is 10.4 Å². The third-order valence-corrected chi connectivity index (χ3v) is 2.05. The molecule has 1 aliphatic heterocycles. The van der Waals surface area contributed by atoms with E-state index in [-0.39, 0.29) is 5.75 Å². The molecule has 0 saturated heterocycles. The van der Waals surface area contributed by atoms with Gasteiger partial charge in [0, 0.05) is 17.1 Å². The highest BCUT2D eigenvalue weighted by Gasteiger charge is 2.09. The van der Waals surface area contributed by atoms with Gasteiger partial charge in [0.1, 0.15) is 11.6 Å². The molecule has 0 spiro atoms. The van der Waals surface area contributed by atoms with Crippen LogP contribution in [0.4, 0.5) is 0 Å². The second-order valence-corrected chi connectivity index (χ2v) is 3.29. The van der Waals surface area contributed by atoms with E-state index in [9.17, 15) is 5.11 Å². The number of benzene rings is 1. The number of hydrogen-bond donors (Lipinski definition) is 2. The van der Waals surface area contributed by atoms with Crippen LogP contribution in [0, 0.1) is 0 Å². The molecule has 2 rings (SSSR count). The fourth-order valence-corrected chi connectivity index (χ4v) is 1.53. The van der Waals surface area contributed by atoms with Crippen molar-refractivity contribution in [2.24, 2.45) is 4.99 Å². The van der Waals surface area contributed by atoms with Crippen LogP contribution in [-0.4, -0.2) is 24.0 Å². The van der Waals surface area contributed by atoms with Crippen LogP contribution in [-0.2, 0) is 0 Å². The number of hydrogen-bond acceptors (Lipinski definition) is 3. The molecular formula is C9H9ClN2O. The first-order valence-electron chi connectivity index (χ1n) is 4.04. The first-order chi connectivity index (χ1) is 6.25. The second kappa shape index (κ2) is 3.26. The molecule has 1 aromatic rings. The monoisotopic (exact) mass is 196 g/mol. The number of amidine groups is 1. The number of aromatic hydroxyl groups is 1. The summed E-state index contributed by atoms with van der Waals surface area (Å²) in [6.07, 6.45) is 0. The topological polar surface area (TPSA) is 44.6 Å². The van der Waals surface area contributed by atoms with Crippen molar-refractivity contribution in [1.29, 1.82) is 0 Å². The van der Waals surface area contributed by atoms with E-state index in [0.29, 0.717) is 5.02 Å². The fraction of sp³-hybridized carbons (Fsp3) is 0.222. The third kappa shape index (κ3) is 1.75. The summed E-state index contributed by atoms with van der Waals surface area (Å²) in [6, 6.07) is 4.92. The number of nitrogens with zero attached hydrogens (tertiary/aromatic N) is 1. The lowest BCUT2D eigenvalue weighted by molar-refractivity contribution is 0.475. The number of rotatable bonds is 1. The van der Waals surface area contributed by atoms with Crippen LogP contribution < -0.4 is 5.32 Å². The largest absolute Gasteiger partial charge is 0.508 e. The van der Waals surface area contributed by atoms with E-state index in [4.69, 9.17) is 11.6 Å².